The maximum absolute atomic E-state index is 11.9. The molecule has 0 unspecified atom stereocenters. The first kappa shape index (κ1) is 17.6. The van der Waals surface area contributed by atoms with Crippen molar-refractivity contribution in [2.24, 2.45) is 0 Å². The highest BCUT2D eigenvalue weighted by Crippen LogP contribution is 2.25. The van der Waals surface area contributed by atoms with Crippen molar-refractivity contribution < 1.29 is 13.9 Å². The van der Waals surface area contributed by atoms with E-state index in [4.69, 9.17) is 9.47 Å². The van der Waals surface area contributed by atoms with E-state index in [0.717, 1.165) is 33.2 Å². The predicted octanol–water partition coefficient (Wildman–Crippen LogP) is 3.58. The Morgan fingerprint density at radius 2 is 1.70 bits per heavy atom. The number of alkyl halides is 1. The molecule has 0 aliphatic rings. The Bertz CT molecular complexity index is 1030. The number of pyridine rings is 2. The number of H-pyrrole nitrogens is 1. The van der Waals surface area contributed by atoms with E-state index < -0.39 is 6.67 Å². The van der Waals surface area contributed by atoms with Crippen molar-refractivity contribution in [3.05, 3.63) is 49.1 Å². The lowest BCUT2D eigenvalue weighted by Gasteiger charge is -2.07. The van der Waals surface area contributed by atoms with Crippen LogP contribution in [0.2, 0.25) is 0 Å². The number of hydrogen-bond donors (Lipinski definition) is 1. The SMILES string of the molecule is FCCOCCOCCn1ccc2cc(-c3cnc4[nH]ccc4c3)cnc21. The first-order chi connectivity index (χ1) is 13.3. The van der Waals surface area contributed by atoms with Crippen LogP contribution in [0.5, 0.6) is 0 Å². The molecular weight excluding hydrogens is 347 g/mol. The zero-order valence-corrected chi connectivity index (χ0v) is 14.9. The number of nitrogens with zero attached hydrogens (tertiary/aromatic N) is 3. The number of hydrogen-bond acceptors (Lipinski definition) is 4. The van der Waals surface area contributed by atoms with Crippen LogP contribution >= 0.6 is 0 Å². The lowest BCUT2D eigenvalue weighted by atomic mass is 10.1. The summed E-state index contributed by atoms with van der Waals surface area (Å²) in [6, 6.07) is 8.30. The molecule has 0 spiro atoms. The monoisotopic (exact) mass is 368 g/mol. The van der Waals surface area contributed by atoms with Crippen molar-refractivity contribution in [3.8, 4) is 11.1 Å². The molecule has 0 aliphatic heterocycles. The van der Waals surface area contributed by atoms with E-state index >= 15 is 0 Å². The molecule has 4 rings (SSSR count). The molecule has 4 heterocycles. The minimum absolute atomic E-state index is 0.129. The van der Waals surface area contributed by atoms with Gasteiger partial charge in [-0.1, -0.05) is 0 Å². The lowest BCUT2D eigenvalue weighted by Crippen LogP contribution is -2.10. The molecule has 4 aromatic rings. The van der Waals surface area contributed by atoms with Gasteiger partial charge in [0.1, 0.15) is 18.0 Å². The average molecular weight is 368 g/mol. The Hall–Kier alpha value is -2.77. The third-order valence-electron chi connectivity index (χ3n) is 4.40. The topological polar surface area (TPSA) is 65.0 Å². The molecule has 0 fully saturated rings. The summed E-state index contributed by atoms with van der Waals surface area (Å²) >= 11 is 0. The fourth-order valence-electron chi connectivity index (χ4n) is 3.05. The smallest absolute Gasteiger partial charge is 0.139 e. The van der Waals surface area contributed by atoms with Gasteiger partial charge in [-0.25, -0.2) is 14.4 Å². The van der Waals surface area contributed by atoms with Crippen LogP contribution < -0.4 is 0 Å². The standard InChI is InChI=1S/C20H21FN4O2/c21-3-7-26-9-10-27-8-6-25-5-2-16-12-18(14-24-20(16)25)17-11-15-1-4-22-19(15)23-13-17/h1-2,4-5,11-14H,3,6-10H2,(H,22,23). The van der Waals surface area contributed by atoms with Crippen LogP contribution in [0.4, 0.5) is 4.39 Å². The molecule has 4 aromatic heterocycles. The number of rotatable bonds is 9. The average Bonchev–Trinajstić information content (AvgIpc) is 3.33. The van der Waals surface area contributed by atoms with Gasteiger partial charge in [-0.3, -0.25) is 0 Å². The number of nitrogens with one attached hydrogen (secondary N) is 1. The van der Waals surface area contributed by atoms with Crippen molar-refractivity contribution in [1.82, 2.24) is 19.5 Å². The van der Waals surface area contributed by atoms with E-state index in [1.807, 2.05) is 30.9 Å². The van der Waals surface area contributed by atoms with Gasteiger partial charge >= 0.3 is 0 Å². The molecule has 27 heavy (non-hydrogen) atoms. The first-order valence-electron chi connectivity index (χ1n) is 8.95. The van der Waals surface area contributed by atoms with E-state index in [0.29, 0.717) is 26.4 Å². The van der Waals surface area contributed by atoms with Crippen molar-refractivity contribution in [1.29, 1.82) is 0 Å². The first-order valence-corrected chi connectivity index (χ1v) is 8.95. The van der Waals surface area contributed by atoms with E-state index in [9.17, 15) is 4.39 Å². The molecular formula is C20H21FN4O2. The van der Waals surface area contributed by atoms with Gasteiger partial charge in [0.2, 0.25) is 0 Å². The predicted molar refractivity (Wildman–Crippen MR) is 102 cm³/mol. The summed E-state index contributed by atoms with van der Waals surface area (Å²) in [5.74, 6) is 0. The quantitative estimate of drug-likeness (QED) is 0.459. The number of aromatic nitrogens is 4. The summed E-state index contributed by atoms with van der Waals surface area (Å²) in [5.41, 5.74) is 3.89. The number of ether oxygens (including phenoxy) is 2. The fraction of sp³-hybridized carbons (Fsp3) is 0.300. The summed E-state index contributed by atoms with van der Waals surface area (Å²) in [7, 11) is 0. The molecule has 0 saturated heterocycles. The maximum atomic E-state index is 11.9. The second-order valence-corrected chi connectivity index (χ2v) is 6.20. The van der Waals surface area contributed by atoms with Crippen LogP contribution in [0.1, 0.15) is 0 Å². The van der Waals surface area contributed by atoms with Gasteiger partial charge in [0.05, 0.1) is 26.4 Å². The molecule has 0 bridgehead atoms. The number of fused-ring (bicyclic) bond motifs is 2. The lowest BCUT2D eigenvalue weighted by molar-refractivity contribution is 0.0404. The highest BCUT2D eigenvalue weighted by Gasteiger charge is 2.07. The molecule has 7 heteroatoms. The van der Waals surface area contributed by atoms with E-state index in [-0.39, 0.29) is 6.61 Å². The van der Waals surface area contributed by atoms with Crippen LogP contribution in [0.15, 0.2) is 49.1 Å². The zero-order chi connectivity index (χ0) is 18.5. The highest BCUT2D eigenvalue weighted by molar-refractivity contribution is 5.85. The van der Waals surface area contributed by atoms with Gasteiger partial charge in [0.25, 0.3) is 0 Å². The van der Waals surface area contributed by atoms with Crippen LogP contribution in [-0.2, 0) is 16.0 Å². The summed E-state index contributed by atoms with van der Waals surface area (Å²) < 4.78 is 24.5. The Balaban J connectivity index is 1.42. The molecule has 140 valence electrons. The van der Waals surface area contributed by atoms with E-state index in [2.05, 4.69) is 37.7 Å². The van der Waals surface area contributed by atoms with Crippen LogP contribution in [0.3, 0.4) is 0 Å². The van der Waals surface area contributed by atoms with Gasteiger partial charge in [-0.15, -0.1) is 0 Å². The van der Waals surface area contributed by atoms with E-state index in [1.54, 1.807) is 0 Å². The molecule has 0 atom stereocenters. The number of aromatic amines is 1. The maximum Gasteiger partial charge on any atom is 0.139 e. The summed E-state index contributed by atoms with van der Waals surface area (Å²) in [6.07, 6.45) is 7.63. The Kier molecular flexibility index (Phi) is 5.41. The summed E-state index contributed by atoms with van der Waals surface area (Å²) in [6.45, 7) is 1.81. The molecule has 6 nitrogen and oxygen atoms in total. The number of halogens is 1. The van der Waals surface area contributed by atoms with Gasteiger partial charge in [0, 0.05) is 53.2 Å². The third-order valence-corrected chi connectivity index (χ3v) is 4.40. The van der Waals surface area contributed by atoms with Crippen molar-refractivity contribution in [3.63, 3.8) is 0 Å². The summed E-state index contributed by atoms with van der Waals surface area (Å²) in [5, 5.41) is 2.16. The van der Waals surface area contributed by atoms with Gasteiger partial charge in [-0.2, -0.15) is 0 Å². The van der Waals surface area contributed by atoms with E-state index in [1.165, 1.54) is 0 Å². The molecule has 0 aliphatic carbocycles. The van der Waals surface area contributed by atoms with Crippen molar-refractivity contribution in [2.75, 3.05) is 33.1 Å². The third kappa shape index (κ3) is 3.99. The highest BCUT2D eigenvalue weighted by atomic mass is 19.1. The molecule has 0 amide bonds. The normalized spacial score (nSPS) is 11.6. The molecule has 1 N–H and O–H groups in total. The zero-order valence-electron chi connectivity index (χ0n) is 14.9. The van der Waals surface area contributed by atoms with Crippen molar-refractivity contribution >= 4 is 22.1 Å². The Morgan fingerprint density at radius 1 is 0.926 bits per heavy atom. The van der Waals surface area contributed by atoms with Crippen LogP contribution in [0.25, 0.3) is 33.2 Å². The second-order valence-electron chi connectivity index (χ2n) is 6.20. The Morgan fingerprint density at radius 3 is 2.56 bits per heavy atom. The molecule has 0 aromatic carbocycles. The largest absolute Gasteiger partial charge is 0.377 e. The minimum atomic E-state index is -0.460. The molecule has 0 radical (unpaired) electrons. The fourth-order valence-corrected chi connectivity index (χ4v) is 3.05. The molecule has 0 saturated carbocycles. The summed E-state index contributed by atoms with van der Waals surface area (Å²) in [4.78, 5) is 12.2. The Labute approximate surface area is 156 Å². The van der Waals surface area contributed by atoms with Gasteiger partial charge in [0.15, 0.2) is 0 Å². The minimum Gasteiger partial charge on any atom is -0.377 e. The van der Waals surface area contributed by atoms with Crippen LogP contribution in [0, 0.1) is 0 Å². The van der Waals surface area contributed by atoms with Gasteiger partial charge < -0.3 is 19.0 Å². The second kappa shape index (κ2) is 8.28. The van der Waals surface area contributed by atoms with Crippen LogP contribution in [-0.4, -0.2) is 52.6 Å². The van der Waals surface area contributed by atoms with Gasteiger partial charge in [-0.05, 0) is 24.3 Å². The van der Waals surface area contributed by atoms with Crippen molar-refractivity contribution in [2.45, 2.75) is 6.54 Å².